The average molecular weight is 169 g/mol. The third-order valence-corrected chi connectivity index (χ3v) is 1.84. The molecule has 1 nitrogen and oxygen atoms in total. The normalized spacial score (nSPS) is 18.0. The lowest BCUT2D eigenvalue weighted by Crippen LogP contribution is -2.33. The van der Waals surface area contributed by atoms with Crippen molar-refractivity contribution in [3.63, 3.8) is 0 Å². The third kappa shape index (κ3) is 5.07. The molecule has 0 aliphatic heterocycles. The Labute approximate surface area is 64.8 Å². The van der Waals surface area contributed by atoms with Crippen LogP contribution >= 0.6 is 0 Å². The maximum atomic E-state index is 11.7. The maximum absolute atomic E-state index is 11.7. The summed E-state index contributed by atoms with van der Waals surface area (Å²) in [6.07, 6.45) is -4.30. The lowest BCUT2D eigenvalue weighted by Gasteiger charge is -2.19. The molecule has 68 valence electrons. The second-order valence-corrected chi connectivity index (χ2v) is 2.87. The van der Waals surface area contributed by atoms with E-state index in [1.54, 1.807) is 6.92 Å². The van der Waals surface area contributed by atoms with Gasteiger partial charge in [0.05, 0.1) is 6.42 Å². The van der Waals surface area contributed by atoms with E-state index in [1.165, 1.54) is 0 Å². The van der Waals surface area contributed by atoms with Crippen molar-refractivity contribution in [2.75, 3.05) is 0 Å². The van der Waals surface area contributed by atoms with Crippen LogP contribution in [0.3, 0.4) is 0 Å². The Morgan fingerprint density at radius 1 is 1.36 bits per heavy atom. The highest BCUT2D eigenvalue weighted by atomic mass is 19.4. The van der Waals surface area contributed by atoms with Crippen LogP contribution in [0.5, 0.6) is 0 Å². The van der Waals surface area contributed by atoms with E-state index >= 15 is 0 Å². The molecule has 0 radical (unpaired) electrons. The zero-order chi connectivity index (χ0) is 9.07. The third-order valence-electron chi connectivity index (χ3n) is 1.84. The van der Waals surface area contributed by atoms with E-state index in [9.17, 15) is 13.2 Å². The summed E-state index contributed by atoms with van der Waals surface area (Å²) in [6.45, 7) is 3.57. The molecule has 0 bridgehead atoms. The minimum Gasteiger partial charge on any atom is -0.327 e. The fourth-order valence-corrected chi connectivity index (χ4v) is 0.771. The van der Waals surface area contributed by atoms with Crippen molar-refractivity contribution in [3.05, 3.63) is 0 Å². The Morgan fingerprint density at radius 3 is 2.09 bits per heavy atom. The molecule has 0 aliphatic rings. The Balaban J connectivity index is 3.77. The fraction of sp³-hybridized carbons (Fsp3) is 1.00. The molecule has 4 heteroatoms. The summed E-state index contributed by atoms with van der Waals surface area (Å²) in [6, 6.07) is -0.750. The van der Waals surface area contributed by atoms with Gasteiger partial charge in [0.1, 0.15) is 0 Å². The summed E-state index contributed by atoms with van der Waals surface area (Å²) in [5, 5.41) is 0. The SMILES string of the molecule is CCC(C)[C@@H](N)CC(F)(F)F. The zero-order valence-electron chi connectivity index (χ0n) is 6.78. The molecule has 1 unspecified atom stereocenters. The average Bonchev–Trinajstić information content (AvgIpc) is 1.82. The van der Waals surface area contributed by atoms with E-state index in [4.69, 9.17) is 5.73 Å². The minimum atomic E-state index is -4.12. The number of rotatable bonds is 3. The first-order valence-electron chi connectivity index (χ1n) is 3.69. The van der Waals surface area contributed by atoms with Crippen LogP contribution in [0.2, 0.25) is 0 Å². The molecule has 0 fully saturated rings. The molecule has 0 aliphatic carbocycles. The van der Waals surface area contributed by atoms with E-state index < -0.39 is 18.6 Å². The lowest BCUT2D eigenvalue weighted by atomic mass is 9.97. The van der Waals surface area contributed by atoms with Gasteiger partial charge in [0.15, 0.2) is 0 Å². The molecule has 2 atom stereocenters. The van der Waals surface area contributed by atoms with Crippen LogP contribution in [0, 0.1) is 5.92 Å². The van der Waals surface area contributed by atoms with Crippen molar-refractivity contribution < 1.29 is 13.2 Å². The molecule has 0 saturated heterocycles. The number of nitrogens with two attached hydrogens (primary N) is 1. The molecular weight excluding hydrogens is 155 g/mol. The van der Waals surface area contributed by atoms with Crippen molar-refractivity contribution in [1.82, 2.24) is 0 Å². The van der Waals surface area contributed by atoms with Crippen LogP contribution in [0.1, 0.15) is 26.7 Å². The smallest absolute Gasteiger partial charge is 0.327 e. The van der Waals surface area contributed by atoms with Crippen LogP contribution in [0.4, 0.5) is 13.2 Å². The maximum Gasteiger partial charge on any atom is 0.390 e. The predicted molar refractivity (Wildman–Crippen MR) is 38.1 cm³/mol. The van der Waals surface area contributed by atoms with E-state index in [-0.39, 0.29) is 5.92 Å². The van der Waals surface area contributed by atoms with Gasteiger partial charge in [-0.1, -0.05) is 20.3 Å². The Kier molecular flexibility index (Phi) is 3.86. The van der Waals surface area contributed by atoms with Gasteiger partial charge in [-0.2, -0.15) is 13.2 Å². The molecular formula is C7H14F3N. The van der Waals surface area contributed by atoms with Crippen LogP contribution < -0.4 is 5.73 Å². The molecule has 0 saturated carbocycles. The van der Waals surface area contributed by atoms with Gasteiger partial charge in [-0.15, -0.1) is 0 Å². The summed E-state index contributed by atoms with van der Waals surface area (Å²) in [5.74, 6) is -0.0587. The number of hydrogen-bond acceptors (Lipinski definition) is 1. The van der Waals surface area contributed by atoms with Gasteiger partial charge in [0.25, 0.3) is 0 Å². The van der Waals surface area contributed by atoms with Gasteiger partial charge in [-0.3, -0.25) is 0 Å². The molecule has 0 amide bonds. The fourth-order valence-electron chi connectivity index (χ4n) is 0.771. The van der Waals surface area contributed by atoms with Gasteiger partial charge < -0.3 is 5.73 Å². The minimum absolute atomic E-state index is 0.0587. The van der Waals surface area contributed by atoms with Crippen LogP contribution in [-0.2, 0) is 0 Å². The van der Waals surface area contributed by atoms with Gasteiger partial charge in [0.2, 0.25) is 0 Å². The van der Waals surface area contributed by atoms with Crippen molar-refractivity contribution >= 4 is 0 Å². The van der Waals surface area contributed by atoms with E-state index in [0.717, 1.165) is 0 Å². The zero-order valence-corrected chi connectivity index (χ0v) is 6.78. The van der Waals surface area contributed by atoms with Crippen molar-refractivity contribution in [2.45, 2.75) is 38.9 Å². The van der Waals surface area contributed by atoms with Crippen LogP contribution in [-0.4, -0.2) is 12.2 Å². The molecule has 0 rings (SSSR count). The Morgan fingerprint density at radius 2 is 1.82 bits per heavy atom. The van der Waals surface area contributed by atoms with Crippen molar-refractivity contribution in [1.29, 1.82) is 0 Å². The lowest BCUT2D eigenvalue weighted by molar-refractivity contribution is -0.140. The second kappa shape index (κ2) is 3.95. The quantitative estimate of drug-likeness (QED) is 0.689. The molecule has 11 heavy (non-hydrogen) atoms. The highest BCUT2D eigenvalue weighted by Crippen LogP contribution is 2.24. The highest BCUT2D eigenvalue weighted by molar-refractivity contribution is 4.71. The monoisotopic (exact) mass is 169 g/mol. The topological polar surface area (TPSA) is 26.0 Å². The summed E-state index contributed by atoms with van der Waals surface area (Å²) >= 11 is 0. The number of alkyl halides is 3. The van der Waals surface area contributed by atoms with Crippen molar-refractivity contribution in [2.24, 2.45) is 11.7 Å². The largest absolute Gasteiger partial charge is 0.390 e. The van der Waals surface area contributed by atoms with Crippen molar-refractivity contribution in [3.8, 4) is 0 Å². The highest BCUT2D eigenvalue weighted by Gasteiger charge is 2.31. The second-order valence-electron chi connectivity index (χ2n) is 2.87. The molecule has 0 heterocycles. The first-order chi connectivity index (χ1) is 4.87. The standard InChI is InChI=1S/C7H14F3N/c1-3-5(2)6(11)4-7(8,9)10/h5-6H,3-4,11H2,1-2H3/t5?,6-/m0/s1. The number of hydrogen-bond donors (Lipinski definition) is 1. The summed E-state index contributed by atoms with van der Waals surface area (Å²) in [4.78, 5) is 0. The first-order valence-corrected chi connectivity index (χ1v) is 3.69. The van der Waals surface area contributed by atoms with Gasteiger partial charge in [0, 0.05) is 6.04 Å². The molecule has 0 spiro atoms. The van der Waals surface area contributed by atoms with Gasteiger partial charge in [-0.25, -0.2) is 0 Å². The van der Waals surface area contributed by atoms with Crippen LogP contribution in [0.25, 0.3) is 0 Å². The van der Waals surface area contributed by atoms with E-state index in [2.05, 4.69) is 0 Å². The van der Waals surface area contributed by atoms with E-state index in [0.29, 0.717) is 6.42 Å². The molecule has 2 N–H and O–H groups in total. The van der Waals surface area contributed by atoms with E-state index in [1.807, 2.05) is 6.92 Å². The van der Waals surface area contributed by atoms with Crippen LogP contribution in [0.15, 0.2) is 0 Å². The number of halogens is 3. The Hall–Kier alpha value is -0.250. The molecule has 0 aromatic heterocycles. The van der Waals surface area contributed by atoms with Gasteiger partial charge >= 0.3 is 6.18 Å². The molecule has 0 aromatic rings. The first kappa shape index (κ1) is 10.8. The summed E-state index contributed by atoms with van der Waals surface area (Å²) < 4.78 is 35.2. The van der Waals surface area contributed by atoms with Gasteiger partial charge in [-0.05, 0) is 5.92 Å². The predicted octanol–water partition coefficient (Wildman–Crippen LogP) is 2.31. The molecule has 0 aromatic carbocycles. The summed E-state index contributed by atoms with van der Waals surface area (Å²) in [5.41, 5.74) is 5.29. The Bertz CT molecular complexity index is 111. The summed E-state index contributed by atoms with van der Waals surface area (Å²) in [7, 11) is 0.